The number of nitrogens with zero attached hydrogens (tertiary/aromatic N) is 1. The van der Waals surface area contributed by atoms with Crippen molar-refractivity contribution in [1.29, 1.82) is 0 Å². The molecule has 1 aliphatic rings. The molecule has 1 aliphatic heterocycles. The molecule has 1 heterocycles. The average Bonchev–Trinajstić information content (AvgIpc) is 2.59. The fourth-order valence-corrected chi connectivity index (χ4v) is 4.37. The van der Waals surface area contributed by atoms with E-state index in [1.54, 1.807) is 12.1 Å². The van der Waals surface area contributed by atoms with Gasteiger partial charge in [-0.15, -0.1) is 0 Å². The molecule has 0 saturated carbocycles. The molecule has 1 amide bonds. The first kappa shape index (κ1) is 17.5. The molecule has 1 unspecified atom stereocenters. The zero-order valence-electron chi connectivity index (χ0n) is 13.6. The molecule has 7 heteroatoms. The molecule has 0 aliphatic carbocycles. The Morgan fingerprint density at radius 1 is 1.16 bits per heavy atom. The monoisotopic (exact) mass is 365 g/mol. The minimum Gasteiger partial charge on any atom is -0.311 e. The number of hydrogen-bond acceptors (Lipinski definition) is 3. The minimum atomic E-state index is -4.27. The zero-order valence-corrected chi connectivity index (χ0v) is 14.4. The number of aryl methyl sites for hydroxylation is 1. The maximum atomic E-state index is 13.9. The predicted molar refractivity (Wildman–Crippen MR) is 90.1 cm³/mol. The number of amides is 1. The van der Waals surface area contributed by atoms with Crippen molar-refractivity contribution in [3.05, 3.63) is 59.7 Å². The van der Waals surface area contributed by atoms with Crippen LogP contribution in [0.25, 0.3) is 0 Å². The summed E-state index contributed by atoms with van der Waals surface area (Å²) in [7, 11) is -4.27. The van der Waals surface area contributed by atoms with Gasteiger partial charge in [0.25, 0.3) is 0 Å². The predicted octanol–water partition coefficient (Wildman–Crippen LogP) is 3.11. The van der Waals surface area contributed by atoms with Crippen molar-refractivity contribution in [2.24, 2.45) is 0 Å². The molecule has 0 saturated heterocycles. The van der Waals surface area contributed by atoms with Crippen molar-refractivity contribution in [1.82, 2.24) is 0 Å². The van der Waals surface area contributed by atoms with Gasteiger partial charge in [-0.3, -0.25) is 4.79 Å². The van der Waals surface area contributed by atoms with Gasteiger partial charge in [0.1, 0.15) is 21.8 Å². The summed E-state index contributed by atoms with van der Waals surface area (Å²) in [5.41, 5.74) is 1.65. The number of carbonyl (C=O) groups is 1. The largest absolute Gasteiger partial charge is 0.311 e. The first-order valence-corrected chi connectivity index (χ1v) is 9.45. The van der Waals surface area contributed by atoms with Gasteiger partial charge in [-0.25, -0.2) is 17.2 Å². The van der Waals surface area contributed by atoms with Gasteiger partial charge in [-0.05, 0) is 43.5 Å². The molecule has 2 aromatic rings. The minimum absolute atomic E-state index is 0.404. The smallest absolute Gasteiger partial charge is 0.245 e. The van der Waals surface area contributed by atoms with E-state index in [0.717, 1.165) is 30.5 Å². The Morgan fingerprint density at radius 2 is 1.88 bits per heavy atom. The maximum Gasteiger partial charge on any atom is 0.245 e. The van der Waals surface area contributed by atoms with E-state index in [0.29, 0.717) is 18.3 Å². The second-order valence-corrected chi connectivity index (χ2v) is 8.22. The molecule has 2 aromatic carbocycles. The number of para-hydroxylation sites is 1. The Bertz CT molecular complexity index is 928. The molecular formula is C18H17F2NO3S. The SMILES string of the molecule is CC(C(=O)N1CCCc2ccccc21)S(=O)(=O)c1ccc(F)cc1F. The molecular weight excluding hydrogens is 348 g/mol. The summed E-state index contributed by atoms with van der Waals surface area (Å²) in [6.07, 6.45) is 1.54. The van der Waals surface area contributed by atoms with Gasteiger partial charge >= 0.3 is 0 Å². The number of fused-ring (bicyclic) bond motifs is 1. The van der Waals surface area contributed by atoms with Gasteiger partial charge in [0.05, 0.1) is 0 Å². The maximum absolute atomic E-state index is 13.9. The lowest BCUT2D eigenvalue weighted by atomic mass is 10.0. The van der Waals surface area contributed by atoms with Gasteiger partial charge in [0.15, 0.2) is 9.84 Å². The first-order chi connectivity index (χ1) is 11.8. The first-order valence-electron chi connectivity index (χ1n) is 7.90. The van der Waals surface area contributed by atoms with E-state index in [1.807, 2.05) is 12.1 Å². The normalized spacial score (nSPS) is 15.6. The van der Waals surface area contributed by atoms with E-state index < -0.39 is 37.5 Å². The van der Waals surface area contributed by atoms with Crippen LogP contribution in [0.1, 0.15) is 18.9 Å². The molecule has 1 atom stereocenters. The van der Waals surface area contributed by atoms with E-state index in [-0.39, 0.29) is 0 Å². The van der Waals surface area contributed by atoms with E-state index >= 15 is 0 Å². The molecule has 4 nitrogen and oxygen atoms in total. The van der Waals surface area contributed by atoms with Gasteiger partial charge in [-0.1, -0.05) is 18.2 Å². The van der Waals surface area contributed by atoms with Crippen molar-refractivity contribution < 1.29 is 22.0 Å². The quantitative estimate of drug-likeness (QED) is 0.786. The van der Waals surface area contributed by atoms with Crippen molar-refractivity contribution >= 4 is 21.4 Å². The second-order valence-electron chi connectivity index (χ2n) is 5.98. The van der Waals surface area contributed by atoms with E-state index in [9.17, 15) is 22.0 Å². The Morgan fingerprint density at radius 3 is 2.60 bits per heavy atom. The summed E-state index contributed by atoms with van der Waals surface area (Å²) in [5.74, 6) is -2.69. The lowest BCUT2D eigenvalue weighted by molar-refractivity contribution is -0.118. The molecule has 0 N–H and O–H groups in total. The third-order valence-electron chi connectivity index (χ3n) is 4.39. The van der Waals surface area contributed by atoms with Crippen LogP contribution in [-0.4, -0.2) is 26.1 Å². The van der Waals surface area contributed by atoms with E-state index in [1.165, 1.54) is 11.8 Å². The van der Waals surface area contributed by atoms with Crippen LogP contribution in [0.4, 0.5) is 14.5 Å². The van der Waals surface area contributed by atoms with Crippen molar-refractivity contribution in [2.75, 3.05) is 11.4 Å². The third-order valence-corrected chi connectivity index (χ3v) is 6.47. The van der Waals surface area contributed by atoms with E-state index in [4.69, 9.17) is 0 Å². The zero-order chi connectivity index (χ0) is 18.2. The average molecular weight is 365 g/mol. The summed E-state index contributed by atoms with van der Waals surface area (Å²) >= 11 is 0. The van der Waals surface area contributed by atoms with Gasteiger partial charge in [0.2, 0.25) is 5.91 Å². The molecule has 25 heavy (non-hydrogen) atoms. The number of anilines is 1. The van der Waals surface area contributed by atoms with E-state index in [2.05, 4.69) is 0 Å². The van der Waals surface area contributed by atoms with Crippen LogP contribution < -0.4 is 4.90 Å². The summed E-state index contributed by atoms with van der Waals surface area (Å²) < 4.78 is 52.2. The topological polar surface area (TPSA) is 54.5 Å². The Balaban J connectivity index is 1.95. The van der Waals surface area contributed by atoms with Gasteiger partial charge in [-0.2, -0.15) is 0 Å². The molecule has 0 bridgehead atoms. The molecule has 0 spiro atoms. The fourth-order valence-electron chi connectivity index (χ4n) is 3.01. The highest BCUT2D eigenvalue weighted by atomic mass is 32.2. The summed E-state index contributed by atoms with van der Waals surface area (Å²) in [5, 5.41) is -1.47. The third kappa shape index (κ3) is 3.16. The van der Waals surface area contributed by atoms with Crippen LogP contribution >= 0.6 is 0 Å². The highest BCUT2D eigenvalue weighted by molar-refractivity contribution is 7.92. The van der Waals surface area contributed by atoms with Crippen LogP contribution in [0.15, 0.2) is 47.4 Å². The molecule has 3 rings (SSSR count). The highest BCUT2D eigenvalue weighted by Gasteiger charge is 2.36. The standard InChI is InChI=1S/C18H17F2NO3S/c1-12(25(23,24)17-9-8-14(19)11-15(17)20)18(22)21-10-4-6-13-5-2-3-7-16(13)21/h2-3,5,7-9,11-12H,4,6,10H2,1H3. The highest BCUT2D eigenvalue weighted by Crippen LogP contribution is 2.29. The Kier molecular flexibility index (Phi) is 4.60. The summed E-state index contributed by atoms with van der Waals surface area (Å²) in [6, 6.07) is 9.53. The molecule has 0 fully saturated rings. The number of hydrogen-bond donors (Lipinski definition) is 0. The Labute approximate surface area is 145 Å². The molecule has 132 valence electrons. The van der Waals surface area contributed by atoms with Crippen LogP contribution in [0.2, 0.25) is 0 Å². The summed E-state index contributed by atoms with van der Waals surface area (Å²) in [6.45, 7) is 1.64. The van der Waals surface area contributed by atoms with Crippen LogP contribution in [-0.2, 0) is 21.1 Å². The van der Waals surface area contributed by atoms with Crippen LogP contribution in [0, 0.1) is 11.6 Å². The number of sulfone groups is 1. The van der Waals surface area contributed by atoms with Crippen molar-refractivity contribution in [3.8, 4) is 0 Å². The molecule has 0 aromatic heterocycles. The van der Waals surface area contributed by atoms with Crippen LogP contribution in [0.5, 0.6) is 0 Å². The second kappa shape index (κ2) is 6.55. The molecule has 0 radical (unpaired) electrons. The Hall–Kier alpha value is -2.28. The van der Waals surface area contributed by atoms with Crippen molar-refractivity contribution in [2.45, 2.75) is 29.9 Å². The van der Waals surface area contributed by atoms with Crippen LogP contribution in [0.3, 0.4) is 0 Å². The number of carbonyl (C=O) groups excluding carboxylic acids is 1. The van der Waals surface area contributed by atoms with Gasteiger partial charge < -0.3 is 4.90 Å². The number of rotatable bonds is 3. The summed E-state index contributed by atoms with van der Waals surface area (Å²) in [4.78, 5) is 13.6. The van der Waals surface area contributed by atoms with Gasteiger partial charge in [0, 0.05) is 18.3 Å². The number of halogens is 2. The van der Waals surface area contributed by atoms with Crippen molar-refractivity contribution in [3.63, 3.8) is 0 Å². The lowest BCUT2D eigenvalue weighted by Crippen LogP contribution is -2.44. The lowest BCUT2D eigenvalue weighted by Gasteiger charge is -2.31. The fraction of sp³-hybridized carbons (Fsp3) is 0.278. The number of benzene rings is 2.